The molecule has 0 saturated carbocycles. The van der Waals surface area contributed by atoms with Crippen molar-refractivity contribution in [2.45, 2.75) is 26.3 Å². The highest BCUT2D eigenvalue weighted by Crippen LogP contribution is 1.97. The molecule has 1 atom stereocenters. The first-order valence-electron chi connectivity index (χ1n) is 6.11. The average molecular weight is 228 g/mol. The summed E-state index contributed by atoms with van der Waals surface area (Å²) in [6.45, 7) is 8.77. The zero-order valence-electron chi connectivity index (χ0n) is 10.6. The molecule has 1 saturated heterocycles. The van der Waals surface area contributed by atoms with Crippen LogP contribution in [-0.2, 0) is 4.79 Å². The predicted octanol–water partition coefficient (Wildman–Crippen LogP) is -0.347. The van der Waals surface area contributed by atoms with Crippen LogP contribution in [0.4, 0.5) is 0 Å². The number of hydrogen-bond donors (Lipinski definition) is 2. The summed E-state index contributed by atoms with van der Waals surface area (Å²) in [4.78, 5) is 13.9. The Morgan fingerprint density at radius 2 is 1.94 bits per heavy atom. The maximum atomic E-state index is 11.6. The van der Waals surface area contributed by atoms with Gasteiger partial charge in [-0.25, -0.2) is 10.4 Å². The Balaban J connectivity index is 2.22. The van der Waals surface area contributed by atoms with Crippen molar-refractivity contribution in [3.8, 4) is 0 Å². The van der Waals surface area contributed by atoms with E-state index in [9.17, 15) is 4.79 Å². The summed E-state index contributed by atoms with van der Waals surface area (Å²) in [6, 6.07) is -0.144. The van der Waals surface area contributed by atoms with E-state index >= 15 is 0 Å². The number of hydrazine groups is 1. The molecule has 1 aliphatic heterocycles. The maximum Gasteiger partial charge on any atom is 0.238 e. The number of carbonyl (C=O) groups is 1. The van der Waals surface area contributed by atoms with Crippen molar-refractivity contribution in [3.05, 3.63) is 0 Å². The minimum absolute atomic E-state index is 0.0841. The van der Waals surface area contributed by atoms with Crippen molar-refractivity contribution >= 4 is 5.91 Å². The van der Waals surface area contributed by atoms with Crippen molar-refractivity contribution in [1.29, 1.82) is 0 Å². The zero-order chi connectivity index (χ0) is 12.0. The fraction of sp³-hybridized carbons (Fsp3) is 0.909. The van der Waals surface area contributed by atoms with Crippen LogP contribution in [0.15, 0.2) is 0 Å². The summed E-state index contributed by atoms with van der Waals surface area (Å²) in [5.41, 5.74) is 3.24. The number of nitrogens with zero attached hydrogens (tertiary/aromatic N) is 2. The molecule has 0 radical (unpaired) electrons. The summed E-state index contributed by atoms with van der Waals surface area (Å²) in [5, 5.41) is 5.03. The van der Waals surface area contributed by atoms with E-state index in [1.54, 1.807) is 0 Å². The topological polar surface area (TPSA) is 47.6 Å². The fourth-order valence-corrected chi connectivity index (χ4v) is 1.67. The molecule has 0 spiro atoms. The van der Waals surface area contributed by atoms with E-state index in [4.69, 9.17) is 0 Å². The van der Waals surface area contributed by atoms with Crippen LogP contribution in [0.3, 0.4) is 0 Å². The first-order chi connectivity index (χ1) is 7.63. The van der Waals surface area contributed by atoms with Gasteiger partial charge in [-0.2, -0.15) is 0 Å². The van der Waals surface area contributed by atoms with E-state index in [1.165, 1.54) is 0 Å². The van der Waals surface area contributed by atoms with Crippen molar-refractivity contribution < 1.29 is 4.79 Å². The van der Waals surface area contributed by atoms with Gasteiger partial charge in [-0.3, -0.25) is 4.79 Å². The molecule has 1 heterocycles. The smallest absolute Gasteiger partial charge is 0.238 e. The fourth-order valence-electron chi connectivity index (χ4n) is 1.67. The van der Waals surface area contributed by atoms with E-state index in [2.05, 4.69) is 34.6 Å². The lowest BCUT2D eigenvalue weighted by Crippen LogP contribution is -2.56. The van der Waals surface area contributed by atoms with Gasteiger partial charge in [-0.05, 0) is 20.4 Å². The van der Waals surface area contributed by atoms with E-state index in [0.29, 0.717) is 0 Å². The van der Waals surface area contributed by atoms with E-state index in [1.807, 2.05) is 6.92 Å². The van der Waals surface area contributed by atoms with Crippen molar-refractivity contribution in [2.75, 3.05) is 39.8 Å². The van der Waals surface area contributed by atoms with Crippen molar-refractivity contribution in [3.63, 3.8) is 0 Å². The normalized spacial score (nSPS) is 20.7. The van der Waals surface area contributed by atoms with Crippen LogP contribution in [0.25, 0.3) is 0 Å². The van der Waals surface area contributed by atoms with Gasteiger partial charge < -0.3 is 10.2 Å². The van der Waals surface area contributed by atoms with Crippen LogP contribution in [0.1, 0.15) is 20.3 Å². The Bertz CT molecular complexity index is 214. The number of rotatable bonds is 5. The maximum absolute atomic E-state index is 11.6. The third-order valence-electron chi connectivity index (χ3n) is 2.82. The molecular weight excluding hydrogens is 204 g/mol. The van der Waals surface area contributed by atoms with E-state index in [0.717, 1.165) is 39.1 Å². The van der Waals surface area contributed by atoms with Crippen LogP contribution >= 0.6 is 0 Å². The molecule has 1 aliphatic rings. The van der Waals surface area contributed by atoms with Gasteiger partial charge in [0.25, 0.3) is 0 Å². The average Bonchev–Trinajstić information content (AvgIpc) is 2.29. The molecule has 1 rings (SSSR count). The Kier molecular flexibility index (Phi) is 5.73. The molecule has 5 nitrogen and oxygen atoms in total. The second-order valence-electron chi connectivity index (χ2n) is 4.43. The predicted molar refractivity (Wildman–Crippen MR) is 65.0 cm³/mol. The van der Waals surface area contributed by atoms with Crippen LogP contribution < -0.4 is 10.7 Å². The third kappa shape index (κ3) is 4.47. The molecule has 1 fully saturated rings. The second-order valence-corrected chi connectivity index (χ2v) is 4.43. The summed E-state index contributed by atoms with van der Waals surface area (Å²) in [6.07, 6.45) is 0.979. The van der Waals surface area contributed by atoms with Gasteiger partial charge in [0.15, 0.2) is 0 Å². The van der Waals surface area contributed by atoms with Crippen LogP contribution in [0, 0.1) is 0 Å². The number of hydrogen-bond acceptors (Lipinski definition) is 4. The number of piperazine rings is 1. The van der Waals surface area contributed by atoms with Crippen LogP contribution in [-0.4, -0.2) is 61.6 Å². The molecule has 0 aromatic heterocycles. The molecule has 0 aromatic carbocycles. The van der Waals surface area contributed by atoms with E-state index in [-0.39, 0.29) is 11.9 Å². The monoisotopic (exact) mass is 228 g/mol. The Morgan fingerprint density at radius 3 is 2.50 bits per heavy atom. The minimum atomic E-state index is -0.144. The van der Waals surface area contributed by atoms with Crippen LogP contribution in [0.2, 0.25) is 0 Å². The number of carbonyl (C=O) groups excluding carboxylic acids is 1. The highest BCUT2D eigenvalue weighted by Gasteiger charge is 2.18. The lowest BCUT2D eigenvalue weighted by molar-refractivity contribution is -0.124. The summed E-state index contributed by atoms with van der Waals surface area (Å²) in [5.74, 6) is 0.0841. The Labute approximate surface area is 98.1 Å². The molecule has 2 N–H and O–H groups in total. The third-order valence-corrected chi connectivity index (χ3v) is 2.82. The van der Waals surface area contributed by atoms with Gasteiger partial charge in [0.2, 0.25) is 5.91 Å². The SMILES string of the molecule is CCCNC(=O)C(C)NN1CCN(C)CC1. The van der Waals surface area contributed by atoms with Crippen molar-refractivity contribution in [2.24, 2.45) is 0 Å². The lowest BCUT2D eigenvalue weighted by atomic mass is 10.3. The number of amides is 1. The first kappa shape index (κ1) is 13.4. The van der Waals surface area contributed by atoms with Gasteiger partial charge in [0, 0.05) is 32.7 Å². The molecule has 16 heavy (non-hydrogen) atoms. The number of nitrogens with one attached hydrogen (secondary N) is 2. The van der Waals surface area contributed by atoms with Gasteiger partial charge in [0.05, 0.1) is 6.04 Å². The van der Waals surface area contributed by atoms with Gasteiger partial charge >= 0.3 is 0 Å². The highest BCUT2D eigenvalue weighted by molar-refractivity contribution is 5.81. The quantitative estimate of drug-likeness (QED) is 0.675. The number of likely N-dealkylation sites (N-methyl/N-ethyl adjacent to an activating group) is 1. The molecule has 5 heteroatoms. The van der Waals surface area contributed by atoms with Gasteiger partial charge in [-0.15, -0.1) is 0 Å². The Hall–Kier alpha value is -0.650. The molecule has 1 amide bonds. The molecule has 94 valence electrons. The largest absolute Gasteiger partial charge is 0.355 e. The first-order valence-corrected chi connectivity index (χ1v) is 6.11. The lowest BCUT2D eigenvalue weighted by Gasteiger charge is -2.34. The standard InChI is InChI=1S/C11H24N4O/c1-4-5-12-11(16)10(2)13-15-8-6-14(3)7-9-15/h10,13H,4-9H2,1-3H3,(H,12,16). The molecule has 0 bridgehead atoms. The minimum Gasteiger partial charge on any atom is -0.355 e. The molecule has 0 aromatic rings. The summed E-state index contributed by atoms with van der Waals surface area (Å²) in [7, 11) is 2.12. The molecular formula is C11H24N4O. The van der Waals surface area contributed by atoms with Crippen molar-refractivity contribution in [1.82, 2.24) is 20.7 Å². The van der Waals surface area contributed by atoms with E-state index < -0.39 is 0 Å². The highest BCUT2D eigenvalue weighted by atomic mass is 16.2. The molecule has 0 aliphatic carbocycles. The second kappa shape index (κ2) is 6.83. The summed E-state index contributed by atoms with van der Waals surface area (Å²) < 4.78 is 0. The van der Waals surface area contributed by atoms with Gasteiger partial charge in [0.1, 0.15) is 0 Å². The van der Waals surface area contributed by atoms with Gasteiger partial charge in [-0.1, -0.05) is 6.92 Å². The summed E-state index contributed by atoms with van der Waals surface area (Å²) >= 11 is 0. The Morgan fingerprint density at radius 1 is 1.31 bits per heavy atom. The zero-order valence-corrected chi connectivity index (χ0v) is 10.6. The van der Waals surface area contributed by atoms with Crippen LogP contribution in [0.5, 0.6) is 0 Å². The molecule has 1 unspecified atom stereocenters.